The van der Waals surface area contributed by atoms with Crippen LogP contribution >= 0.6 is 0 Å². The van der Waals surface area contributed by atoms with E-state index in [-0.39, 0.29) is 12.1 Å². The van der Waals surface area contributed by atoms with Crippen LogP contribution in [0.3, 0.4) is 0 Å². The van der Waals surface area contributed by atoms with E-state index in [0.29, 0.717) is 12.5 Å². The fourth-order valence-electron chi connectivity index (χ4n) is 1.70. The van der Waals surface area contributed by atoms with Crippen LogP contribution in [0.4, 0.5) is 0 Å². The minimum Gasteiger partial charge on any atom is -0.392 e. The van der Waals surface area contributed by atoms with Crippen molar-refractivity contribution in [3.8, 4) is 0 Å². The molecule has 1 aliphatic carbocycles. The van der Waals surface area contributed by atoms with E-state index in [1.165, 1.54) is 18.4 Å². The Morgan fingerprint density at radius 3 is 3.00 bits per heavy atom. The van der Waals surface area contributed by atoms with Crippen LogP contribution < -0.4 is 5.32 Å². The predicted molar refractivity (Wildman–Crippen MR) is 59.4 cm³/mol. The average molecular weight is 206 g/mol. The smallest absolute Gasteiger partial charge is 0.0692 e. The van der Waals surface area contributed by atoms with E-state index in [4.69, 9.17) is 0 Å². The minimum atomic E-state index is -0.177. The number of nitrogens with zero attached hydrogens (tertiary/aromatic N) is 1. The lowest BCUT2D eigenvalue weighted by molar-refractivity contribution is 0.145. The summed E-state index contributed by atoms with van der Waals surface area (Å²) >= 11 is 0. The molecular formula is C12H18N2O. The van der Waals surface area contributed by atoms with Gasteiger partial charge >= 0.3 is 0 Å². The zero-order chi connectivity index (χ0) is 10.7. The number of rotatable bonds is 5. The van der Waals surface area contributed by atoms with Gasteiger partial charge in [-0.3, -0.25) is 4.98 Å². The quantitative estimate of drug-likeness (QED) is 0.767. The molecule has 0 amide bonds. The highest BCUT2D eigenvalue weighted by Crippen LogP contribution is 2.32. The third-order valence-electron chi connectivity index (χ3n) is 2.98. The van der Waals surface area contributed by atoms with Gasteiger partial charge in [-0.05, 0) is 37.3 Å². The molecule has 2 N–H and O–H groups in total. The second-order valence-electron chi connectivity index (χ2n) is 4.32. The molecule has 1 fully saturated rings. The highest BCUT2D eigenvalue weighted by molar-refractivity contribution is 5.12. The van der Waals surface area contributed by atoms with Gasteiger partial charge in [0.05, 0.1) is 6.10 Å². The molecule has 1 aliphatic rings. The summed E-state index contributed by atoms with van der Waals surface area (Å²) in [6.07, 6.45) is 5.83. The van der Waals surface area contributed by atoms with E-state index >= 15 is 0 Å². The largest absolute Gasteiger partial charge is 0.392 e. The molecule has 1 aromatic rings. The maximum absolute atomic E-state index is 9.71. The number of hydrogen-bond acceptors (Lipinski definition) is 3. The predicted octanol–water partition coefficient (Wildman–Crippen LogP) is 1.50. The second kappa shape index (κ2) is 4.73. The van der Waals surface area contributed by atoms with Crippen LogP contribution in [-0.4, -0.2) is 22.7 Å². The van der Waals surface area contributed by atoms with Crippen LogP contribution in [0.25, 0.3) is 0 Å². The Morgan fingerprint density at radius 1 is 1.60 bits per heavy atom. The maximum atomic E-state index is 9.71. The zero-order valence-electron chi connectivity index (χ0n) is 9.06. The van der Waals surface area contributed by atoms with E-state index in [0.717, 1.165) is 0 Å². The van der Waals surface area contributed by atoms with Gasteiger partial charge in [0.2, 0.25) is 0 Å². The van der Waals surface area contributed by atoms with E-state index < -0.39 is 0 Å². The molecule has 3 nitrogen and oxygen atoms in total. The van der Waals surface area contributed by atoms with Crippen molar-refractivity contribution in [3.05, 3.63) is 30.1 Å². The molecule has 2 unspecified atom stereocenters. The topological polar surface area (TPSA) is 45.1 Å². The highest BCUT2D eigenvalue weighted by Gasteiger charge is 2.29. The molecule has 1 saturated carbocycles. The second-order valence-corrected chi connectivity index (χ2v) is 4.32. The van der Waals surface area contributed by atoms with Gasteiger partial charge in [-0.2, -0.15) is 0 Å². The van der Waals surface area contributed by atoms with Crippen molar-refractivity contribution in [2.45, 2.75) is 31.9 Å². The van der Waals surface area contributed by atoms with Crippen LogP contribution in [0.1, 0.15) is 31.4 Å². The van der Waals surface area contributed by atoms with Gasteiger partial charge in [-0.1, -0.05) is 6.07 Å². The normalized spacial score (nSPS) is 19.9. The number of pyridine rings is 1. The van der Waals surface area contributed by atoms with Gasteiger partial charge in [-0.15, -0.1) is 0 Å². The van der Waals surface area contributed by atoms with Crippen molar-refractivity contribution in [2.75, 3.05) is 6.54 Å². The Bertz CT molecular complexity index is 298. The van der Waals surface area contributed by atoms with Crippen LogP contribution in [0.2, 0.25) is 0 Å². The molecule has 3 heteroatoms. The summed E-state index contributed by atoms with van der Waals surface area (Å²) < 4.78 is 0. The molecule has 1 aromatic heterocycles. The molecule has 0 saturated heterocycles. The van der Waals surface area contributed by atoms with Gasteiger partial charge in [0, 0.05) is 25.0 Å². The van der Waals surface area contributed by atoms with Gasteiger partial charge in [-0.25, -0.2) is 0 Å². The lowest BCUT2D eigenvalue weighted by atomic mass is 10.1. The maximum Gasteiger partial charge on any atom is 0.0692 e. The molecule has 0 aromatic carbocycles. The first kappa shape index (κ1) is 10.6. The first-order chi connectivity index (χ1) is 7.27. The summed E-state index contributed by atoms with van der Waals surface area (Å²) in [6, 6.07) is 4.24. The lowest BCUT2D eigenvalue weighted by Crippen LogP contribution is -2.30. The van der Waals surface area contributed by atoms with E-state index in [1.807, 2.05) is 18.3 Å². The van der Waals surface area contributed by atoms with Crippen molar-refractivity contribution in [3.63, 3.8) is 0 Å². The molecule has 0 spiro atoms. The minimum absolute atomic E-state index is 0.177. The van der Waals surface area contributed by atoms with E-state index in [1.54, 1.807) is 6.20 Å². The van der Waals surface area contributed by atoms with Crippen molar-refractivity contribution in [1.29, 1.82) is 0 Å². The van der Waals surface area contributed by atoms with Crippen LogP contribution in [0.15, 0.2) is 24.5 Å². The van der Waals surface area contributed by atoms with E-state index in [2.05, 4.69) is 17.2 Å². The van der Waals surface area contributed by atoms with Crippen molar-refractivity contribution >= 4 is 0 Å². The number of hydrogen-bond donors (Lipinski definition) is 2. The molecular weight excluding hydrogens is 188 g/mol. The summed E-state index contributed by atoms with van der Waals surface area (Å²) in [4.78, 5) is 4.08. The molecule has 15 heavy (non-hydrogen) atoms. The zero-order valence-corrected chi connectivity index (χ0v) is 9.06. The van der Waals surface area contributed by atoms with Crippen molar-refractivity contribution in [2.24, 2.45) is 5.92 Å². The summed E-state index contributed by atoms with van der Waals surface area (Å²) in [6.45, 7) is 2.78. The Morgan fingerprint density at radius 2 is 2.40 bits per heavy atom. The Balaban J connectivity index is 1.79. The first-order valence-electron chi connectivity index (χ1n) is 5.58. The fourth-order valence-corrected chi connectivity index (χ4v) is 1.70. The highest BCUT2D eigenvalue weighted by atomic mass is 16.3. The number of aromatic nitrogens is 1. The molecule has 0 aliphatic heterocycles. The van der Waals surface area contributed by atoms with Crippen LogP contribution in [0, 0.1) is 5.92 Å². The summed E-state index contributed by atoms with van der Waals surface area (Å²) in [5, 5.41) is 13.0. The molecule has 0 radical (unpaired) electrons. The summed E-state index contributed by atoms with van der Waals surface area (Å²) in [5.41, 5.74) is 1.17. The average Bonchev–Trinajstić information content (AvgIpc) is 3.10. The third kappa shape index (κ3) is 3.01. The molecule has 2 atom stereocenters. The number of nitrogens with one attached hydrogen (secondary N) is 1. The standard InChI is InChI=1S/C12H18N2O/c1-9(11-3-2-6-13-7-11)14-8-12(15)10-4-5-10/h2-3,6-7,9-10,12,14-15H,4-5,8H2,1H3. The molecule has 82 valence electrons. The van der Waals surface area contributed by atoms with Crippen LogP contribution in [0.5, 0.6) is 0 Å². The Labute approximate surface area is 90.5 Å². The van der Waals surface area contributed by atoms with Gasteiger partial charge in [0.15, 0.2) is 0 Å². The van der Waals surface area contributed by atoms with Crippen molar-refractivity contribution < 1.29 is 5.11 Å². The fraction of sp³-hybridized carbons (Fsp3) is 0.583. The van der Waals surface area contributed by atoms with Gasteiger partial charge in [0.25, 0.3) is 0 Å². The summed E-state index contributed by atoms with van der Waals surface area (Å²) in [7, 11) is 0. The lowest BCUT2D eigenvalue weighted by Gasteiger charge is -2.16. The number of aliphatic hydroxyl groups is 1. The SMILES string of the molecule is CC(NCC(O)C1CC1)c1cccnc1. The molecule has 0 bridgehead atoms. The Hall–Kier alpha value is -0.930. The van der Waals surface area contributed by atoms with Gasteiger partial charge in [0.1, 0.15) is 0 Å². The molecule has 1 heterocycles. The van der Waals surface area contributed by atoms with Gasteiger partial charge < -0.3 is 10.4 Å². The van der Waals surface area contributed by atoms with Crippen LogP contribution in [-0.2, 0) is 0 Å². The Kier molecular flexibility index (Phi) is 3.34. The molecule has 2 rings (SSSR count). The summed E-state index contributed by atoms with van der Waals surface area (Å²) in [5.74, 6) is 0.540. The van der Waals surface area contributed by atoms with E-state index in [9.17, 15) is 5.11 Å². The van der Waals surface area contributed by atoms with Crippen molar-refractivity contribution in [1.82, 2.24) is 10.3 Å². The monoisotopic (exact) mass is 206 g/mol. The third-order valence-corrected chi connectivity index (χ3v) is 2.98. The number of aliphatic hydroxyl groups excluding tert-OH is 1. The first-order valence-corrected chi connectivity index (χ1v) is 5.58.